The van der Waals surface area contributed by atoms with Crippen LogP contribution in [0.4, 0.5) is 5.82 Å². The van der Waals surface area contributed by atoms with Crippen LogP contribution in [0.1, 0.15) is 42.2 Å². The van der Waals surface area contributed by atoms with Crippen LogP contribution in [-0.4, -0.2) is 53.3 Å². The predicted octanol–water partition coefficient (Wildman–Crippen LogP) is 4.54. The standard InChI is InChI=1S/C24H29N5O3S/c1-4-31-20-12-18(8-9-19(20)32-14-21(30)29-10-6-5-7-11-29)13-27-28-23-22-16(2)17(3)33-24(22)26-15-25-23/h8-9,12-13,15H,4-7,10-11,14H2,1-3H3,(H,25,26,28)/b27-13+. The molecule has 1 aromatic carbocycles. The molecule has 3 aromatic rings. The number of hydrogen-bond acceptors (Lipinski definition) is 8. The number of hydrogen-bond donors (Lipinski definition) is 1. The minimum absolute atomic E-state index is 0.0121. The fraction of sp³-hybridized carbons (Fsp3) is 0.417. The maximum Gasteiger partial charge on any atom is 0.260 e. The molecule has 0 saturated carbocycles. The van der Waals surface area contributed by atoms with Crippen molar-refractivity contribution in [3.05, 3.63) is 40.5 Å². The summed E-state index contributed by atoms with van der Waals surface area (Å²) in [5.41, 5.74) is 5.03. The molecular formula is C24H29N5O3S. The van der Waals surface area contributed by atoms with E-state index < -0.39 is 0 Å². The number of amides is 1. The van der Waals surface area contributed by atoms with E-state index in [4.69, 9.17) is 9.47 Å². The Bertz CT molecular complexity index is 1150. The minimum Gasteiger partial charge on any atom is -0.490 e. The first-order valence-electron chi connectivity index (χ1n) is 11.2. The summed E-state index contributed by atoms with van der Waals surface area (Å²) in [4.78, 5) is 25.1. The molecule has 0 atom stereocenters. The van der Waals surface area contributed by atoms with Crippen molar-refractivity contribution < 1.29 is 14.3 Å². The third-order valence-corrected chi connectivity index (χ3v) is 6.79. The summed E-state index contributed by atoms with van der Waals surface area (Å²) in [6.45, 7) is 8.18. The summed E-state index contributed by atoms with van der Waals surface area (Å²) in [6.07, 6.45) is 6.55. The van der Waals surface area contributed by atoms with Gasteiger partial charge < -0.3 is 14.4 Å². The summed E-state index contributed by atoms with van der Waals surface area (Å²) in [5, 5.41) is 5.36. The van der Waals surface area contributed by atoms with Crippen molar-refractivity contribution in [3.8, 4) is 11.5 Å². The van der Waals surface area contributed by atoms with Gasteiger partial charge in [-0.1, -0.05) is 0 Å². The molecule has 0 spiro atoms. The lowest BCUT2D eigenvalue weighted by molar-refractivity contribution is -0.134. The van der Waals surface area contributed by atoms with E-state index in [9.17, 15) is 4.79 Å². The van der Waals surface area contributed by atoms with E-state index in [2.05, 4.69) is 34.3 Å². The summed E-state index contributed by atoms with van der Waals surface area (Å²) in [6, 6.07) is 5.54. The number of hydrazone groups is 1. The molecule has 0 unspecified atom stereocenters. The van der Waals surface area contributed by atoms with Crippen molar-refractivity contribution in [1.82, 2.24) is 14.9 Å². The highest BCUT2D eigenvalue weighted by Gasteiger charge is 2.18. The molecule has 0 bridgehead atoms. The summed E-state index contributed by atoms with van der Waals surface area (Å²) >= 11 is 1.65. The van der Waals surface area contributed by atoms with Gasteiger partial charge in [-0.05, 0) is 69.4 Å². The van der Waals surface area contributed by atoms with Crippen LogP contribution < -0.4 is 14.9 Å². The van der Waals surface area contributed by atoms with Crippen LogP contribution in [-0.2, 0) is 4.79 Å². The van der Waals surface area contributed by atoms with Gasteiger partial charge in [0.25, 0.3) is 5.91 Å². The molecule has 174 valence electrons. The van der Waals surface area contributed by atoms with Crippen molar-refractivity contribution in [3.63, 3.8) is 0 Å². The van der Waals surface area contributed by atoms with E-state index >= 15 is 0 Å². The van der Waals surface area contributed by atoms with Gasteiger partial charge in [-0.2, -0.15) is 5.10 Å². The number of rotatable bonds is 8. The fourth-order valence-corrected chi connectivity index (χ4v) is 4.80. The number of carbonyl (C=O) groups is 1. The van der Waals surface area contributed by atoms with Gasteiger partial charge in [-0.25, -0.2) is 9.97 Å². The van der Waals surface area contributed by atoms with Gasteiger partial charge in [0.1, 0.15) is 11.2 Å². The number of fused-ring (bicyclic) bond motifs is 1. The predicted molar refractivity (Wildman–Crippen MR) is 132 cm³/mol. The maximum absolute atomic E-state index is 12.4. The van der Waals surface area contributed by atoms with E-state index in [1.807, 2.05) is 30.0 Å². The average molecular weight is 468 g/mol. The number of anilines is 1. The Morgan fingerprint density at radius 1 is 1.18 bits per heavy atom. The van der Waals surface area contributed by atoms with Crippen molar-refractivity contribution in [1.29, 1.82) is 0 Å². The van der Waals surface area contributed by atoms with Crippen LogP contribution in [0.3, 0.4) is 0 Å². The highest BCUT2D eigenvalue weighted by atomic mass is 32.1. The second-order valence-corrected chi connectivity index (χ2v) is 9.13. The van der Waals surface area contributed by atoms with Gasteiger partial charge >= 0.3 is 0 Å². The number of piperidine rings is 1. The van der Waals surface area contributed by atoms with Crippen LogP contribution >= 0.6 is 11.3 Å². The van der Waals surface area contributed by atoms with Crippen LogP contribution in [0.25, 0.3) is 10.2 Å². The zero-order valence-corrected chi connectivity index (χ0v) is 20.1. The van der Waals surface area contributed by atoms with Gasteiger partial charge in [0.15, 0.2) is 23.9 Å². The zero-order chi connectivity index (χ0) is 23.2. The van der Waals surface area contributed by atoms with E-state index in [0.29, 0.717) is 23.9 Å². The molecule has 1 aliphatic rings. The largest absolute Gasteiger partial charge is 0.490 e. The highest BCUT2D eigenvalue weighted by molar-refractivity contribution is 7.18. The third kappa shape index (κ3) is 5.42. The molecule has 3 heterocycles. The molecule has 1 fully saturated rings. The van der Waals surface area contributed by atoms with E-state index in [0.717, 1.165) is 47.3 Å². The van der Waals surface area contributed by atoms with Crippen LogP contribution in [0.5, 0.6) is 11.5 Å². The lowest BCUT2D eigenvalue weighted by Gasteiger charge is -2.26. The number of carbonyl (C=O) groups excluding carboxylic acids is 1. The quantitative estimate of drug-likeness (QED) is 0.386. The zero-order valence-electron chi connectivity index (χ0n) is 19.3. The molecule has 1 N–H and O–H groups in total. The normalized spacial score (nSPS) is 14.1. The molecule has 8 nitrogen and oxygen atoms in total. The Labute approximate surface area is 197 Å². The number of ether oxygens (including phenoxy) is 2. The first kappa shape index (κ1) is 23.0. The SMILES string of the molecule is CCOc1cc(/C=N/Nc2ncnc3sc(C)c(C)c23)ccc1OCC(=O)N1CCCCC1. The molecule has 1 aliphatic heterocycles. The number of nitrogens with one attached hydrogen (secondary N) is 1. The summed E-state index contributed by atoms with van der Waals surface area (Å²) in [5.74, 6) is 1.83. The van der Waals surface area contributed by atoms with Gasteiger partial charge in [-0.3, -0.25) is 10.2 Å². The second kappa shape index (κ2) is 10.6. The fourth-order valence-electron chi connectivity index (χ4n) is 3.80. The molecule has 0 radical (unpaired) electrons. The van der Waals surface area contributed by atoms with E-state index in [1.165, 1.54) is 11.3 Å². The Kier molecular flexibility index (Phi) is 7.39. The lowest BCUT2D eigenvalue weighted by atomic mass is 10.1. The Morgan fingerprint density at radius 2 is 2.00 bits per heavy atom. The van der Waals surface area contributed by atoms with Crippen molar-refractivity contribution in [2.45, 2.75) is 40.0 Å². The molecule has 2 aromatic heterocycles. The number of thiophene rings is 1. The topological polar surface area (TPSA) is 88.9 Å². The Hall–Kier alpha value is -3.20. The third-order valence-electron chi connectivity index (χ3n) is 5.68. The number of aromatic nitrogens is 2. The smallest absolute Gasteiger partial charge is 0.260 e. The molecular weight excluding hydrogens is 438 g/mol. The van der Waals surface area contributed by atoms with Crippen LogP contribution in [0.15, 0.2) is 29.6 Å². The monoisotopic (exact) mass is 467 g/mol. The van der Waals surface area contributed by atoms with E-state index in [-0.39, 0.29) is 12.5 Å². The number of likely N-dealkylation sites (tertiary alicyclic amines) is 1. The Morgan fingerprint density at radius 3 is 2.79 bits per heavy atom. The number of aryl methyl sites for hydroxylation is 2. The van der Waals surface area contributed by atoms with Crippen LogP contribution in [0, 0.1) is 13.8 Å². The van der Waals surface area contributed by atoms with Crippen molar-refractivity contribution >= 4 is 39.5 Å². The average Bonchev–Trinajstić information content (AvgIpc) is 3.13. The van der Waals surface area contributed by atoms with Gasteiger partial charge in [0.2, 0.25) is 0 Å². The molecule has 1 saturated heterocycles. The van der Waals surface area contributed by atoms with Crippen molar-refractivity contribution in [2.24, 2.45) is 5.10 Å². The van der Waals surface area contributed by atoms with Gasteiger partial charge in [0, 0.05) is 18.0 Å². The second-order valence-electron chi connectivity index (χ2n) is 7.92. The molecule has 9 heteroatoms. The molecule has 33 heavy (non-hydrogen) atoms. The number of nitrogens with zero attached hydrogens (tertiary/aromatic N) is 4. The highest BCUT2D eigenvalue weighted by Crippen LogP contribution is 2.32. The molecule has 0 aliphatic carbocycles. The first-order valence-corrected chi connectivity index (χ1v) is 12.1. The lowest BCUT2D eigenvalue weighted by Crippen LogP contribution is -2.38. The molecule has 4 rings (SSSR count). The maximum atomic E-state index is 12.4. The van der Waals surface area contributed by atoms with Gasteiger partial charge in [-0.15, -0.1) is 11.3 Å². The Balaban J connectivity index is 1.44. The summed E-state index contributed by atoms with van der Waals surface area (Å²) in [7, 11) is 0. The van der Waals surface area contributed by atoms with Gasteiger partial charge in [0.05, 0.1) is 18.2 Å². The number of benzene rings is 1. The van der Waals surface area contributed by atoms with E-state index in [1.54, 1.807) is 23.9 Å². The minimum atomic E-state index is 0.0121. The molecule has 1 amide bonds. The summed E-state index contributed by atoms with van der Waals surface area (Å²) < 4.78 is 11.6. The first-order chi connectivity index (χ1) is 16.1. The van der Waals surface area contributed by atoms with Crippen molar-refractivity contribution in [2.75, 3.05) is 31.7 Å². The van der Waals surface area contributed by atoms with Crippen LogP contribution in [0.2, 0.25) is 0 Å².